The minimum atomic E-state index is -0.0596. The molecule has 0 aromatic carbocycles. The highest BCUT2D eigenvalue weighted by atomic mass is 16.3. The van der Waals surface area contributed by atoms with Crippen molar-refractivity contribution in [2.45, 2.75) is 51.8 Å². The zero-order valence-corrected chi connectivity index (χ0v) is 9.30. The van der Waals surface area contributed by atoms with Crippen LogP contribution in [0.4, 0.5) is 0 Å². The number of hydrogen-bond acceptors (Lipinski definition) is 4. The quantitative estimate of drug-likeness (QED) is 0.779. The Morgan fingerprint density at radius 3 is 2.67 bits per heavy atom. The zero-order chi connectivity index (χ0) is 10.8. The summed E-state index contributed by atoms with van der Waals surface area (Å²) in [6.45, 7) is 4.35. The summed E-state index contributed by atoms with van der Waals surface area (Å²) < 4.78 is 1.90. The summed E-state index contributed by atoms with van der Waals surface area (Å²) in [7, 11) is 0. The zero-order valence-electron chi connectivity index (χ0n) is 9.30. The van der Waals surface area contributed by atoms with Crippen molar-refractivity contribution in [1.29, 1.82) is 0 Å². The van der Waals surface area contributed by atoms with E-state index in [0.29, 0.717) is 17.9 Å². The van der Waals surface area contributed by atoms with Crippen molar-refractivity contribution in [2.75, 3.05) is 5.01 Å². The van der Waals surface area contributed by atoms with Crippen molar-refractivity contribution in [3.63, 3.8) is 0 Å². The van der Waals surface area contributed by atoms with Gasteiger partial charge >= 0.3 is 0 Å². The molecule has 1 fully saturated rings. The van der Waals surface area contributed by atoms with Gasteiger partial charge in [-0.1, -0.05) is 0 Å². The summed E-state index contributed by atoms with van der Waals surface area (Å²) in [5.41, 5.74) is 0. The summed E-state index contributed by atoms with van der Waals surface area (Å²) in [6.07, 6.45) is 5.33. The van der Waals surface area contributed by atoms with Crippen LogP contribution in [0.25, 0.3) is 0 Å². The average Bonchev–Trinajstić information content (AvgIpc) is 2.65. The van der Waals surface area contributed by atoms with E-state index in [9.17, 15) is 0 Å². The van der Waals surface area contributed by atoms with Gasteiger partial charge in [0, 0.05) is 12.1 Å². The molecule has 2 rings (SSSR count). The van der Waals surface area contributed by atoms with E-state index < -0.39 is 0 Å². The van der Waals surface area contributed by atoms with Crippen LogP contribution in [0.5, 0.6) is 0 Å². The van der Waals surface area contributed by atoms with Crippen LogP contribution in [0, 0.1) is 0 Å². The van der Waals surface area contributed by atoms with Crippen molar-refractivity contribution < 1.29 is 5.11 Å². The lowest BCUT2D eigenvalue weighted by Gasteiger charge is -2.41. The minimum Gasteiger partial charge on any atom is -0.388 e. The number of aliphatic hydroxyl groups excluding tert-OH is 1. The Morgan fingerprint density at radius 1 is 1.40 bits per heavy atom. The Bertz CT molecular complexity index is 315. The molecule has 1 aliphatic heterocycles. The van der Waals surface area contributed by atoms with E-state index in [1.165, 1.54) is 19.3 Å². The SMILES string of the molecule is CC1CCCC(C)N1n1cnnc1CO. The normalized spacial score (nSPS) is 27.0. The maximum atomic E-state index is 9.16. The first-order valence-corrected chi connectivity index (χ1v) is 5.52. The van der Waals surface area contributed by atoms with Gasteiger partial charge in [0.2, 0.25) is 0 Å². The van der Waals surface area contributed by atoms with Gasteiger partial charge < -0.3 is 10.1 Å². The second-order valence-corrected chi connectivity index (χ2v) is 4.26. The molecule has 1 aliphatic rings. The predicted molar refractivity (Wildman–Crippen MR) is 56.9 cm³/mol. The van der Waals surface area contributed by atoms with Crippen LogP contribution < -0.4 is 5.01 Å². The van der Waals surface area contributed by atoms with Crippen LogP contribution in [-0.4, -0.2) is 32.1 Å². The summed E-state index contributed by atoms with van der Waals surface area (Å²) in [6, 6.07) is 0.963. The standard InChI is InChI=1S/C10H18N4O/c1-8-4-3-5-9(2)14(8)13-7-11-12-10(13)6-15/h7-9,15H,3-6H2,1-2H3. The number of aromatic nitrogens is 3. The lowest BCUT2D eigenvalue weighted by molar-refractivity contribution is 0.252. The number of rotatable bonds is 2. The first kappa shape index (κ1) is 10.4. The van der Waals surface area contributed by atoms with Crippen molar-refractivity contribution in [1.82, 2.24) is 14.9 Å². The smallest absolute Gasteiger partial charge is 0.177 e. The second kappa shape index (κ2) is 4.18. The molecular formula is C10H18N4O. The van der Waals surface area contributed by atoms with E-state index in [2.05, 4.69) is 29.1 Å². The van der Waals surface area contributed by atoms with Crippen LogP contribution >= 0.6 is 0 Å². The molecule has 2 atom stereocenters. The Balaban J connectivity index is 2.27. The molecule has 1 saturated heterocycles. The van der Waals surface area contributed by atoms with Crippen LogP contribution in [0.3, 0.4) is 0 Å². The number of aliphatic hydroxyl groups is 1. The summed E-state index contributed by atoms with van der Waals surface area (Å²) in [4.78, 5) is 0. The van der Waals surface area contributed by atoms with Crippen LogP contribution in [-0.2, 0) is 6.61 Å². The monoisotopic (exact) mass is 210 g/mol. The van der Waals surface area contributed by atoms with Crippen molar-refractivity contribution in [3.05, 3.63) is 12.2 Å². The molecule has 5 nitrogen and oxygen atoms in total. The molecule has 1 aromatic rings. The van der Waals surface area contributed by atoms with E-state index in [-0.39, 0.29) is 6.61 Å². The molecule has 1 N–H and O–H groups in total. The predicted octanol–water partition coefficient (Wildman–Crippen LogP) is 0.669. The van der Waals surface area contributed by atoms with Crippen molar-refractivity contribution in [2.24, 2.45) is 0 Å². The molecular weight excluding hydrogens is 192 g/mol. The number of hydrogen-bond donors (Lipinski definition) is 1. The van der Waals surface area contributed by atoms with Gasteiger partial charge in [0.15, 0.2) is 5.82 Å². The third kappa shape index (κ3) is 1.84. The lowest BCUT2D eigenvalue weighted by Crippen LogP contribution is -2.51. The molecule has 2 unspecified atom stereocenters. The topological polar surface area (TPSA) is 54.2 Å². The fourth-order valence-electron chi connectivity index (χ4n) is 2.38. The van der Waals surface area contributed by atoms with Gasteiger partial charge in [-0.25, -0.2) is 4.68 Å². The van der Waals surface area contributed by atoms with Gasteiger partial charge in [0.1, 0.15) is 12.9 Å². The lowest BCUT2D eigenvalue weighted by atomic mass is 10.00. The summed E-state index contributed by atoms with van der Waals surface area (Å²) >= 11 is 0. The van der Waals surface area contributed by atoms with E-state index in [1.807, 2.05) is 4.68 Å². The Morgan fingerprint density at radius 2 is 2.07 bits per heavy atom. The molecule has 2 heterocycles. The Labute approximate surface area is 89.7 Å². The number of nitrogens with zero attached hydrogens (tertiary/aromatic N) is 4. The maximum Gasteiger partial charge on any atom is 0.177 e. The average molecular weight is 210 g/mol. The molecule has 0 aliphatic carbocycles. The van der Waals surface area contributed by atoms with Gasteiger partial charge in [-0.3, -0.25) is 0 Å². The van der Waals surface area contributed by atoms with Gasteiger partial charge in [0.05, 0.1) is 0 Å². The first-order chi connectivity index (χ1) is 7.24. The van der Waals surface area contributed by atoms with Crippen LogP contribution in [0.1, 0.15) is 38.9 Å². The molecule has 15 heavy (non-hydrogen) atoms. The molecule has 5 heteroatoms. The van der Waals surface area contributed by atoms with Crippen molar-refractivity contribution in [3.8, 4) is 0 Å². The van der Waals surface area contributed by atoms with Gasteiger partial charge in [-0.05, 0) is 33.1 Å². The first-order valence-electron chi connectivity index (χ1n) is 5.52. The van der Waals surface area contributed by atoms with Gasteiger partial charge in [0.25, 0.3) is 0 Å². The fraction of sp³-hybridized carbons (Fsp3) is 0.800. The maximum absolute atomic E-state index is 9.16. The molecule has 0 bridgehead atoms. The summed E-state index contributed by atoms with van der Waals surface area (Å²) in [5, 5.41) is 19.2. The van der Waals surface area contributed by atoms with Crippen LogP contribution in [0.15, 0.2) is 6.33 Å². The molecule has 0 amide bonds. The second-order valence-electron chi connectivity index (χ2n) is 4.26. The third-order valence-electron chi connectivity index (χ3n) is 3.14. The Hall–Kier alpha value is -1.10. The largest absolute Gasteiger partial charge is 0.388 e. The number of piperidine rings is 1. The highest BCUT2D eigenvalue weighted by Crippen LogP contribution is 2.21. The molecule has 0 radical (unpaired) electrons. The summed E-state index contributed by atoms with van der Waals surface area (Å²) in [5.74, 6) is 0.621. The Kier molecular flexibility index (Phi) is 2.90. The van der Waals surface area contributed by atoms with E-state index >= 15 is 0 Å². The minimum absolute atomic E-state index is 0.0596. The van der Waals surface area contributed by atoms with E-state index in [0.717, 1.165) is 0 Å². The molecule has 84 valence electrons. The fourth-order valence-corrected chi connectivity index (χ4v) is 2.38. The van der Waals surface area contributed by atoms with E-state index in [4.69, 9.17) is 5.11 Å². The molecule has 0 spiro atoms. The third-order valence-corrected chi connectivity index (χ3v) is 3.14. The highest BCUT2D eigenvalue weighted by Gasteiger charge is 2.26. The molecule has 1 aromatic heterocycles. The molecule has 0 saturated carbocycles. The van der Waals surface area contributed by atoms with Gasteiger partial charge in [-0.2, -0.15) is 0 Å². The van der Waals surface area contributed by atoms with Crippen LogP contribution in [0.2, 0.25) is 0 Å². The van der Waals surface area contributed by atoms with E-state index in [1.54, 1.807) is 6.33 Å². The van der Waals surface area contributed by atoms with Gasteiger partial charge in [-0.15, -0.1) is 10.2 Å². The van der Waals surface area contributed by atoms with Crippen molar-refractivity contribution >= 4 is 0 Å². The highest BCUT2D eigenvalue weighted by molar-refractivity contribution is 5.03.